The van der Waals surface area contributed by atoms with Gasteiger partial charge in [-0.05, 0) is 54.8 Å². The Morgan fingerprint density at radius 1 is 0.897 bits per heavy atom. The van der Waals surface area contributed by atoms with Gasteiger partial charge in [-0.25, -0.2) is 9.97 Å². The van der Waals surface area contributed by atoms with Crippen LogP contribution in [0.1, 0.15) is 27.2 Å². The lowest BCUT2D eigenvalue weighted by Crippen LogP contribution is -2.49. The van der Waals surface area contributed by atoms with Gasteiger partial charge in [-0.2, -0.15) is 0 Å². The fourth-order valence-corrected chi connectivity index (χ4v) is 3.30. The van der Waals surface area contributed by atoms with E-state index in [0.717, 1.165) is 24.5 Å². The summed E-state index contributed by atoms with van der Waals surface area (Å²) in [7, 11) is 0. The summed E-state index contributed by atoms with van der Waals surface area (Å²) in [6.07, 6.45) is 3.48. The van der Waals surface area contributed by atoms with Gasteiger partial charge in [0.05, 0.1) is 0 Å². The second-order valence-electron chi connectivity index (χ2n) is 7.02. The normalized spacial score (nSPS) is 13.6. The first-order valence-corrected chi connectivity index (χ1v) is 9.69. The molecule has 0 N–H and O–H groups in total. The van der Waals surface area contributed by atoms with Crippen LogP contribution in [0.25, 0.3) is 0 Å². The number of nitrogens with zero attached hydrogens (tertiary/aromatic N) is 4. The zero-order valence-electron chi connectivity index (χ0n) is 16.4. The summed E-state index contributed by atoms with van der Waals surface area (Å²) in [6, 6.07) is 17.3. The number of amides is 1. The maximum atomic E-state index is 12.9. The largest absolute Gasteiger partial charge is 0.353 e. The smallest absolute Gasteiger partial charge is 0.254 e. The number of rotatable bonds is 2. The van der Waals surface area contributed by atoms with Crippen LogP contribution in [0.4, 0.5) is 5.82 Å². The summed E-state index contributed by atoms with van der Waals surface area (Å²) < 4.78 is 0. The summed E-state index contributed by atoms with van der Waals surface area (Å²) in [5.74, 6) is 7.12. The Kier molecular flexibility index (Phi) is 5.53. The van der Waals surface area contributed by atoms with Crippen molar-refractivity contribution in [2.75, 3.05) is 31.1 Å². The average Bonchev–Trinajstić information content (AvgIpc) is 2.78. The van der Waals surface area contributed by atoms with Crippen LogP contribution in [0.5, 0.6) is 0 Å². The number of carbonyl (C=O) groups is 1. The molecule has 0 aliphatic carbocycles. The third-order valence-electron chi connectivity index (χ3n) is 4.91. The van der Waals surface area contributed by atoms with Gasteiger partial charge >= 0.3 is 0 Å². The Hall–Kier alpha value is -3.65. The van der Waals surface area contributed by atoms with Gasteiger partial charge in [0.25, 0.3) is 5.91 Å². The van der Waals surface area contributed by atoms with Gasteiger partial charge in [0.1, 0.15) is 11.5 Å². The molecule has 5 heteroatoms. The first kappa shape index (κ1) is 18.7. The number of anilines is 1. The van der Waals surface area contributed by atoms with Gasteiger partial charge in [-0.3, -0.25) is 4.79 Å². The van der Waals surface area contributed by atoms with E-state index < -0.39 is 0 Å². The zero-order chi connectivity index (χ0) is 20.1. The fraction of sp³-hybridized carbons (Fsp3) is 0.208. The summed E-state index contributed by atoms with van der Waals surface area (Å²) >= 11 is 0. The van der Waals surface area contributed by atoms with Crippen LogP contribution < -0.4 is 4.90 Å². The van der Waals surface area contributed by atoms with Gasteiger partial charge < -0.3 is 9.80 Å². The van der Waals surface area contributed by atoms with Crippen LogP contribution in [-0.4, -0.2) is 47.0 Å². The first-order chi connectivity index (χ1) is 14.2. The minimum Gasteiger partial charge on any atom is -0.353 e. The zero-order valence-corrected chi connectivity index (χ0v) is 16.4. The molecule has 1 fully saturated rings. The molecule has 1 aliphatic rings. The Balaban J connectivity index is 1.42. The molecule has 0 spiro atoms. The van der Waals surface area contributed by atoms with Gasteiger partial charge in [-0.15, -0.1) is 0 Å². The van der Waals surface area contributed by atoms with Crippen LogP contribution in [0.2, 0.25) is 0 Å². The molecular weight excluding hydrogens is 360 g/mol. The highest BCUT2D eigenvalue weighted by atomic mass is 16.2. The molecule has 0 radical (unpaired) electrons. The third kappa shape index (κ3) is 4.61. The summed E-state index contributed by atoms with van der Waals surface area (Å²) in [4.78, 5) is 25.8. The fourth-order valence-electron chi connectivity index (χ4n) is 3.30. The topological polar surface area (TPSA) is 49.3 Å². The van der Waals surface area contributed by atoms with E-state index in [0.29, 0.717) is 24.3 Å². The SMILES string of the molecule is Cc1ccnc(N2CCN(C(=O)c3ccnc(C#Cc4ccccc4)c3)CC2)c1. The van der Waals surface area contributed by atoms with E-state index in [2.05, 4.69) is 39.7 Å². The lowest BCUT2D eigenvalue weighted by atomic mass is 10.1. The van der Waals surface area contributed by atoms with Crippen molar-refractivity contribution in [3.63, 3.8) is 0 Å². The van der Waals surface area contributed by atoms with Crippen molar-refractivity contribution >= 4 is 11.7 Å². The first-order valence-electron chi connectivity index (χ1n) is 9.69. The lowest BCUT2D eigenvalue weighted by molar-refractivity contribution is 0.0746. The minimum atomic E-state index is 0.0204. The molecule has 0 unspecified atom stereocenters. The van der Waals surface area contributed by atoms with E-state index in [4.69, 9.17) is 0 Å². The van der Waals surface area contributed by atoms with E-state index >= 15 is 0 Å². The number of aryl methyl sites for hydroxylation is 1. The molecule has 5 nitrogen and oxygen atoms in total. The summed E-state index contributed by atoms with van der Waals surface area (Å²) in [5.41, 5.74) is 3.34. The van der Waals surface area contributed by atoms with Crippen LogP contribution >= 0.6 is 0 Å². The van der Waals surface area contributed by atoms with Gasteiger partial charge in [0.2, 0.25) is 0 Å². The molecule has 3 heterocycles. The number of carbonyl (C=O) groups excluding carboxylic acids is 1. The average molecular weight is 382 g/mol. The Labute approximate surface area is 171 Å². The molecule has 0 saturated carbocycles. The Morgan fingerprint density at radius 3 is 2.41 bits per heavy atom. The van der Waals surface area contributed by atoms with Crippen molar-refractivity contribution in [3.8, 4) is 11.8 Å². The van der Waals surface area contributed by atoms with Crippen molar-refractivity contribution in [1.29, 1.82) is 0 Å². The quantitative estimate of drug-likeness (QED) is 0.639. The number of hydrogen-bond donors (Lipinski definition) is 0. The molecule has 3 aromatic rings. The Morgan fingerprint density at radius 2 is 1.66 bits per heavy atom. The van der Waals surface area contributed by atoms with Gasteiger partial charge in [-0.1, -0.05) is 24.1 Å². The number of hydrogen-bond acceptors (Lipinski definition) is 4. The number of pyridine rings is 2. The van der Waals surface area contributed by atoms with Crippen molar-refractivity contribution in [1.82, 2.24) is 14.9 Å². The molecule has 1 saturated heterocycles. The van der Waals surface area contributed by atoms with Crippen LogP contribution in [-0.2, 0) is 0 Å². The van der Waals surface area contributed by atoms with Crippen molar-refractivity contribution < 1.29 is 4.79 Å². The highest BCUT2D eigenvalue weighted by Crippen LogP contribution is 2.16. The molecule has 144 valence electrons. The second kappa shape index (κ2) is 8.57. The highest BCUT2D eigenvalue weighted by Gasteiger charge is 2.23. The predicted octanol–water partition coefficient (Wildman–Crippen LogP) is 3.15. The van der Waals surface area contributed by atoms with Gasteiger partial charge in [0, 0.05) is 49.7 Å². The van der Waals surface area contributed by atoms with E-state index in [1.807, 2.05) is 47.5 Å². The summed E-state index contributed by atoms with van der Waals surface area (Å²) in [5, 5.41) is 0. The van der Waals surface area contributed by atoms with E-state index in [1.54, 1.807) is 18.3 Å². The number of aromatic nitrogens is 2. The Bertz CT molecular complexity index is 1060. The van der Waals surface area contributed by atoms with E-state index in [9.17, 15) is 4.79 Å². The second-order valence-corrected chi connectivity index (χ2v) is 7.02. The van der Waals surface area contributed by atoms with Crippen LogP contribution in [0.3, 0.4) is 0 Å². The molecule has 2 aromatic heterocycles. The monoisotopic (exact) mass is 382 g/mol. The molecule has 0 bridgehead atoms. The highest BCUT2D eigenvalue weighted by molar-refractivity contribution is 5.94. The van der Waals surface area contributed by atoms with Gasteiger partial charge in [0.15, 0.2) is 0 Å². The molecule has 0 atom stereocenters. The molecular formula is C24H22N4O. The molecule has 4 rings (SSSR count). The van der Waals surface area contributed by atoms with Crippen molar-refractivity contribution in [2.45, 2.75) is 6.92 Å². The minimum absolute atomic E-state index is 0.0204. The number of benzene rings is 1. The standard InChI is InChI=1S/C24H22N4O/c1-19-9-11-26-23(17-19)27-13-15-28(16-14-27)24(29)21-10-12-25-22(18-21)8-7-20-5-3-2-4-6-20/h2-6,9-12,17-18H,13-16H2,1H3. The predicted molar refractivity (Wildman–Crippen MR) is 114 cm³/mol. The maximum absolute atomic E-state index is 12.9. The summed E-state index contributed by atoms with van der Waals surface area (Å²) in [6.45, 7) is 4.94. The van der Waals surface area contributed by atoms with Crippen molar-refractivity contribution in [2.24, 2.45) is 0 Å². The molecule has 1 amide bonds. The lowest BCUT2D eigenvalue weighted by Gasteiger charge is -2.35. The van der Waals surface area contributed by atoms with Crippen LogP contribution in [0, 0.1) is 18.8 Å². The molecule has 29 heavy (non-hydrogen) atoms. The molecule has 1 aromatic carbocycles. The maximum Gasteiger partial charge on any atom is 0.254 e. The van der Waals surface area contributed by atoms with Crippen LogP contribution in [0.15, 0.2) is 67.0 Å². The molecule has 1 aliphatic heterocycles. The number of piperazine rings is 1. The van der Waals surface area contributed by atoms with E-state index in [-0.39, 0.29) is 5.91 Å². The van der Waals surface area contributed by atoms with E-state index in [1.165, 1.54) is 5.56 Å². The van der Waals surface area contributed by atoms with Crippen molar-refractivity contribution in [3.05, 3.63) is 89.4 Å². The third-order valence-corrected chi connectivity index (χ3v) is 4.91.